The van der Waals surface area contributed by atoms with Crippen LogP contribution in [0.5, 0.6) is 11.5 Å². The van der Waals surface area contributed by atoms with Crippen molar-refractivity contribution in [2.24, 2.45) is 0 Å². The summed E-state index contributed by atoms with van der Waals surface area (Å²) in [4.78, 5) is 27.3. The van der Waals surface area contributed by atoms with Gasteiger partial charge in [0.05, 0.1) is 37.8 Å². The molecule has 0 spiro atoms. The molecule has 0 unspecified atom stereocenters. The molecule has 3 rings (SSSR count). The number of thioether (sulfide) groups is 1. The predicted molar refractivity (Wildman–Crippen MR) is 108 cm³/mol. The van der Waals surface area contributed by atoms with Crippen molar-refractivity contribution in [2.45, 2.75) is 6.54 Å². The second-order valence-corrected chi connectivity index (χ2v) is 7.24. The van der Waals surface area contributed by atoms with Gasteiger partial charge in [0.2, 0.25) is 0 Å². The number of carbonyl (C=O) groups is 2. The summed E-state index contributed by atoms with van der Waals surface area (Å²) >= 11 is 1.09. The number of benzene rings is 2. The van der Waals surface area contributed by atoms with Gasteiger partial charge in [0.25, 0.3) is 11.8 Å². The zero-order chi connectivity index (χ0) is 21.0. The number of carbonyl (C=O) groups excluding carboxylic acids is 2. The summed E-state index contributed by atoms with van der Waals surface area (Å²) in [5, 5.41) is 9.18. The minimum Gasteiger partial charge on any atom is -0.493 e. The summed E-state index contributed by atoms with van der Waals surface area (Å²) in [6.45, 7) is -0.327. The fraction of sp³-hybridized carbons (Fsp3) is 0.238. The van der Waals surface area contributed by atoms with E-state index in [2.05, 4.69) is 0 Å². The average Bonchev–Trinajstić information content (AvgIpc) is 2.97. The van der Waals surface area contributed by atoms with E-state index in [0.29, 0.717) is 17.1 Å². The van der Waals surface area contributed by atoms with Crippen molar-refractivity contribution in [3.05, 3.63) is 64.3 Å². The van der Waals surface area contributed by atoms with Crippen LogP contribution in [-0.2, 0) is 16.1 Å². The third kappa shape index (κ3) is 4.13. The molecule has 0 aliphatic carbocycles. The highest BCUT2D eigenvalue weighted by Crippen LogP contribution is 2.39. The Labute approximate surface area is 171 Å². The summed E-state index contributed by atoms with van der Waals surface area (Å²) in [6, 6.07) is 10.9. The molecule has 2 aromatic rings. The number of rotatable bonds is 8. The molecule has 1 N–H and O–H groups in total. The maximum atomic E-state index is 14.1. The number of halogens is 1. The third-order valence-corrected chi connectivity index (χ3v) is 5.48. The Hall–Kier alpha value is -2.84. The van der Waals surface area contributed by atoms with Crippen molar-refractivity contribution >= 4 is 29.1 Å². The van der Waals surface area contributed by atoms with Crippen LogP contribution in [0.25, 0.3) is 5.57 Å². The Morgan fingerprint density at radius 3 is 2.41 bits per heavy atom. The minimum atomic E-state index is -0.522. The third-order valence-electron chi connectivity index (χ3n) is 4.42. The molecule has 0 fully saturated rings. The SMILES string of the molecule is COc1ccc(C2=C(SCCO)C(=O)N(Cc3ccccc3F)C2=O)cc1OC. The van der Waals surface area contributed by atoms with Gasteiger partial charge >= 0.3 is 0 Å². The van der Waals surface area contributed by atoms with E-state index in [1.54, 1.807) is 30.3 Å². The highest BCUT2D eigenvalue weighted by atomic mass is 32.2. The number of imide groups is 1. The van der Waals surface area contributed by atoms with E-state index in [4.69, 9.17) is 9.47 Å². The van der Waals surface area contributed by atoms with Crippen LogP contribution < -0.4 is 9.47 Å². The molecule has 2 amide bonds. The summed E-state index contributed by atoms with van der Waals surface area (Å²) in [7, 11) is 2.98. The first-order chi connectivity index (χ1) is 14.0. The van der Waals surface area contributed by atoms with Crippen LogP contribution in [0.4, 0.5) is 4.39 Å². The van der Waals surface area contributed by atoms with Crippen molar-refractivity contribution in [2.75, 3.05) is 26.6 Å². The van der Waals surface area contributed by atoms with Crippen molar-refractivity contribution < 1.29 is 28.6 Å². The highest BCUT2D eigenvalue weighted by molar-refractivity contribution is 8.04. The summed E-state index contributed by atoms with van der Waals surface area (Å²) in [5.74, 6) is -0.374. The summed E-state index contributed by atoms with van der Waals surface area (Å²) in [6.07, 6.45) is 0. The lowest BCUT2D eigenvalue weighted by Gasteiger charge is -2.16. The smallest absolute Gasteiger partial charge is 0.268 e. The van der Waals surface area contributed by atoms with Gasteiger partial charge < -0.3 is 14.6 Å². The van der Waals surface area contributed by atoms with Gasteiger partial charge in [0, 0.05) is 11.3 Å². The lowest BCUT2D eigenvalue weighted by Crippen LogP contribution is -2.31. The zero-order valence-electron chi connectivity index (χ0n) is 16.0. The monoisotopic (exact) mass is 417 g/mol. The Morgan fingerprint density at radius 2 is 1.76 bits per heavy atom. The van der Waals surface area contributed by atoms with Gasteiger partial charge in [0.15, 0.2) is 11.5 Å². The maximum Gasteiger partial charge on any atom is 0.268 e. The molecule has 29 heavy (non-hydrogen) atoms. The first-order valence-corrected chi connectivity index (χ1v) is 9.80. The van der Waals surface area contributed by atoms with Crippen LogP contribution in [0.2, 0.25) is 0 Å². The number of hydrogen-bond donors (Lipinski definition) is 1. The van der Waals surface area contributed by atoms with E-state index in [1.807, 2.05) is 0 Å². The van der Waals surface area contributed by atoms with Gasteiger partial charge in [-0.2, -0.15) is 0 Å². The van der Waals surface area contributed by atoms with Crippen molar-refractivity contribution in [1.29, 1.82) is 0 Å². The zero-order valence-corrected chi connectivity index (χ0v) is 16.8. The molecule has 0 aromatic heterocycles. The molecule has 6 nitrogen and oxygen atoms in total. The standard InChI is InChI=1S/C21H20FNO5S/c1-27-16-8-7-13(11-17(16)28-2)18-19(29-10-9-24)21(26)23(20(18)25)12-14-5-3-4-6-15(14)22/h3-8,11,24H,9-10,12H2,1-2H3. The highest BCUT2D eigenvalue weighted by Gasteiger charge is 2.39. The van der Waals surface area contributed by atoms with E-state index in [9.17, 15) is 19.1 Å². The molecule has 152 valence electrons. The Morgan fingerprint density at radius 1 is 1.03 bits per heavy atom. The van der Waals surface area contributed by atoms with E-state index in [1.165, 1.54) is 26.4 Å². The first kappa shape index (κ1) is 20.9. The van der Waals surface area contributed by atoms with E-state index in [-0.39, 0.29) is 34.9 Å². The Bertz CT molecular complexity index is 975. The van der Waals surface area contributed by atoms with Gasteiger partial charge in [-0.1, -0.05) is 24.3 Å². The molecular weight excluding hydrogens is 397 g/mol. The number of nitrogens with zero attached hydrogens (tertiary/aromatic N) is 1. The number of hydrogen-bond acceptors (Lipinski definition) is 6. The molecule has 1 heterocycles. The van der Waals surface area contributed by atoms with E-state index < -0.39 is 17.6 Å². The minimum absolute atomic E-state index is 0.151. The van der Waals surface area contributed by atoms with E-state index >= 15 is 0 Å². The first-order valence-electron chi connectivity index (χ1n) is 8.81. The second-order valence-electron chi connectivity index (χ2n) is 6.13. The average molecular weight is 417 g/mol. The number of methoxy groups -OCH3 is 2. The normalized spacial score (nSPS) is 14.0. The van der Waals surface area contributed by atoms with Crippen molar-refractivity contribution in [1.82, 2.24) is 4.90 Å². The fourth-order valence-electron chi connectivity index (χ4n) is 3.02. The van der Waals surface area contributed by atoms with Crippen LogP contribution in [0.15, 0.2) is 47.4 Å². The fourth-order valence-corrected chi connectivity index (χ4v) is 3.90. The topological polar surface area (TPSA) is 76.1 Å². The molecule has 1 aliphatic rings. The van der Waals surface area contributed by atoms with Gasteiger partial charge in [-0.3, -0.25) is 14.5 Å². The van der Waals surface area contributed by atoms with Gasteiger partial charge in [-0.05, 0) is 23.8 Å². The van der Waals surface area contributed by atoms with Crippen LogP contribution in [0.3, 0.4) is 0 Å². The largest absolute Gasteiger partial charge is 0.493 e. The molecule has 0 atom stereocenters. The molecule has 0 saturated carbocycles. The van der Waals surface area contributed by atoms with Gasteiger partial charge in [0.1, 0.15) is 5.82 Å². The van der Waals surface area contributed by atoms with E-state index in [0.717, 1.165) is 16.7 Å². The van der Waals surface area contributed by atoms with Crippen LogP contribution in [0.1, 0.15) is 11.1 Å². The van der Waals surface area contributed by atoms with Crippen molar-refractivity contribution in [3.63, 3.8) is 0 Å². The van der Waals surface area contributed by atoms with Crippen LogP contribution in [-0.4, -0.2) is 48.4 Å². The molecule has 2 aromatic carbocycles. The molecule has 0 saturated heterocycles. The van der Waals surface area contributed by atoms with Crippen LogP contribution in [0, 0.1) is 5.82 Å². The predicted octanol–water partition coefficient (Wildman–Crippen LogP) is 2.85. The number of ether oxygens (including phenoxy) is 2. The lowest BCUT2D eigenvalue weighted by molar-refractivity contribution is -0.137. The summed E-state index contributed by atoms with van der Waals surface area (Å²) in [5.41, 5.74) is 0.928. The van der Waals surface area contributed by atoms with Gasteiger partial charge in [-0.15, -0.1) is 11.8 Å². The summed E-state index contributed by atoms with van der Waals surface area (Å²) < 4.78 is 24.6. The second kappa shape index (κ2) is 9.11. The molecule has 0 bridgehead atoms. The molecule has 8 heteroatoms. The number of aliphatic hydroxyl groups is 1. The number of aliphatic hydroxyl groups excluding tert-OH is 1. The maximum absolute atomic E-state index is 14.1. The van der Waals surface area contributed by atoms with Gasteiger partial charge in [-0.25, -0.2) is 4.39 Å². The molecule has 0 radical (unpaired) electrons. The Kier molecular flexibility index (Phi) is 6.56. The molecular formula is C21H20FNO5S. The molecule has 1 aliphatic heterocycles. The number of amides is 2. The Balaban J connectivity index is 2.02. The quantitative estimate of drug-likeness (QED) is 0.666. The lowest BCUT2D eigenvalue weighted by atomic mass is 10.1. The van der Waals surface area contributed by atoms with Crippen LogP contribution >= 0.6 is 11.8 Å². The van der Waals surface area contributed by atoms with Crippen molar-refractivity contribution in [3.8, 4) is 11.5 Å².